The number of nitrogens with zero attached hydrogens (tertiary/aromatic N) is 4. The zero-order valence-electron chi connectivity index (χ0n) is 21.6. The summed E-state index contributed by atoms with van der Waals surface area (Å²) in [5.41, 5.74) is 1.91. The van der Waals surface area contributed by atoms with Crippen LogP contribution in [0.15, 0.2) is 48.7 Å². The molecule has 0 unspecified atom stereocenters. The molecule has 8 nitrogen and oxygen atoms in total. The maximum absolute atomic E-state index is 14.4. The van der Waals surface area contributed by atoms with Crippen molar-refractivity contribution < 1.29 is 19.4 Å². The van der Waals surface area contributed by atoms with Crippen LogP contribution in [0, 0.1) is 9.49 Å². The summed E-state index contributed by atoms with van der Waals surface area (Å²) in [6.07, 6.45) is 2.48. The van der Waals surface area contributed by atoms with Crippen LogP contribution in [0.1, 0.15) is 30.2 Å². The van der Waals surface area contributed by atoms with Gasteiger partial charge in [0.15, 0.2) is 13.9 Å². The number of aryl methyl sites for hydroxylation is 1. The van der Waals surface area contributed by atoms with Gasteiger partial charge in [-0.15, -0.1) is 5.10 Å². The second kappa shape index (κ2) is 10.6. The molecule has 5 rings (SSSR count). The van der Waals surface area contributed by atoms with Crippen molar-refractivity contribution in [2.24, 2.45) is 5.92 Å². The van der Waals surface area contributed by atoms with Crippen molar-refractivity contribution in [2.45, 2.75) is 63.2 Å². The molecule has 38 heavy (non-hydrogen) atoms. The van der Waals surface area contributed by atoms with Gasteiger partial charge in [-0.05, 0) is 78.0 Å². The zero-order chi connectivity index (χ0) is 27.2. The number of halogens is 2. The Morgan fingerprint density at radius 2 is 2.03 bits per heavy atom. The van der Waals surface area contributed by atoms with Crippen molar-refractivity contribution in [1.29, 1.82) is 0 Å². The quantitative estimate of drug-likeness (QED) is 0.271. The minimum absolute atomic E-state index is 0.0134. The molecule has 1 saturated heterocycles. The predicted molar refractivity (Wildman–Crippen MR) is 156 cm³/mol. The number of aliphatic hydroxyl groups is 1. The fourth-order valence-electron chi connectivity index (χ4n) is 6.23. The summed E-state index contributed by atoms with van der Waals surface area (Å²) < 4.78 is 9.68. The first-order valence-electron chi connectivity index (χ1n) is 12.8. The molecule has 2 N–H and O–H groups in total. The number of aromatic nitrogens is 3. The third kappa shape index (κ3) is 4.95. The second-order valence-electron chi connectivity index (χ2n) is 10.8. The monoisotopic (exact) mass is 666 g/mol. The summed E-state index contributed by atoms with van der Waals surface area (Å²) >= 11 is 8.76. The topological polar surface area (TPSA) is 101 Å². The van der Waals surface area contributed by atoms with E-state index in [1.165, 1.54) is 0 Å². The molecule has 2 aliphatic rings. The van der Waals surface area contributed by atoms with Crippen LogP contribution < -0.4 is 4.90 Å². The molecule has 202 valence electrons. The van der Waals surface area contributed by atoms with Crippen LogP contribution in [-0.2, 0) is 34.6 Å². The van der Waals surface area contributed by atoms with E-state index in [1.807, 2.05) is 62.6 Å². The Bertz CT molecular complexity index is 1350. The van der Waals surface area contributed by atoms with Crippen LogP contribution in [0.2, 0.25) is 23.7 Å². The van der Waals surface area contributed by atoms with Crippen LogP contribution in [0.4, 0.5) is 5.69 Å². The normalized spacial score (nSPS) is 25.0. The molecular formula is C27H32ClIN4O4Si. The van der Waals surface area contributed by atoms with E-state index in [2.05, 4.69) is 39.0 Å². The Hall–Kier alpha value is -1.83. The van der Waals surface area contributed by atoms with E-state index in [-0.39, 0.29) is 30.1 Å². The average Bonchev–Trinajstić information content (AvgIpc) is 3.48. The van der Waals surface area contributed by atoms with Crippen LogP contribution in [0.5, 0.6) is 0 Å². The van der Waals surface area contributed by atoms with E-state index in [9.17, 15) is 14.7 Å². The SMILES string of the molecule is C[C@H]1[C@H]([Si](C)(C)O)[C@@H](CCn2cc(CCO)nn2)O[C@]12C(=O)N(Cc1cccc(I)c1)c1ccc(Cl)cc12. The van der Waals surface area contributed by atoms with Crippen molar-refractivity contribution in [1.82, 2.24) is 15.0 Å². The van der Waals surface area contributed by atoms with Crippen molar-refractivity contribution in [3.05, 3.63) is 74.1 Å². The Labute approximate surface area is 242 Å². The van der Waals surface area contributed by atoms with Crippen molar-refractivity contribution in [3.63, 3.8) is 0 Å². The molecule has 4 atom stereocenters. The van der Waals surface area contributed by atoms with Gasteiger partial charge in [0.2, 0.25) is 0 Å². The summed E-state index contributed by atoms with van der Waals surface area (Å²) in [7, 11) is -2.77. The second-order valence-corrected chi connectivity index (χ2v) is 16.4. The minimum Gasteiger partial charge on any atom is -0.432 e. The fraction of sp³-hybridized carbons (Fsp3) is 0.444. The largest absolute Gasteiger partial charge is 0.432 e. The zero-order valence-corrected chi connectivity index (χ0v) is 25.6. The highest BCUT2D eigenvalue weighted by atomic mass is 127. The van der Waals surface area contributed by atoms with Crippen molar-refractivity contribution in [2.75, 3.05) is 11.5 Å². The van der Waals surface area contributed by atoms with E-state index in [1.54, 1.807) is 9.58 Å². The van der Waals surface area contributed by atoms with Gasteiger partial charge in [0.05, 0.1) is 24.0 Å². The van der Waals surface area contributed by atoms with Crippen molar-refractivity contribution >= 4 is 54.1 Å². The minimum atomic E-state index is -2.77. The lowest BCUT2D eigenvalue weighted by molar-refractivity contribution is -0.146. The molecule has 1 fully saturated rings. The van der Waals surface area contributed by atoms with Gasteiger partial charge >= 0.3 is 0 Å². The Kier molecular flexibility index (Phi) is 7.75. The molecule has 11 heteroatoms. The maximum Gasteiger partial charge on any atom is 0.264 e. The van der Waals surface area contributed by atoms with Crippen LogP contribution in [0.25, 0.3) is 0 Å². The lowest BCUT2D eigenvalue weighted by atomic mass is 9.82. The first-order chi connectivity index (χ1) is 18.0. The molecule has 0 saturated carbocycles. The molecule has 1 spiro atoms. The molecule has 1 amide bonds. The summed E-state index contributed by atoms with van der Waals surface area (Å²) in [5, 5.41) is 18.0. The Balaban J connectivity index is 1.51. The van der Waals surface area contributed by atoms with Gasteiger partial charge in [0.25, 0.3) is 5.91 Å². The molecule has 0 bridgehead atoms. The van der Waals surface area contributed by atoms with E-state index >= 15 is 0 Å². The average molecular weight is 667 g/mol. The number of amides is 1. The number of hydrogen-bond donors (Lipinski definition) is 2. The van der Waals surface area contributed by atoms with Gasteiger partial charge in [-0.3, -0.25) is 9.48 Å². The van der Waals surface area contributed by atoms with Crippen LogP contribution >= 0.6 is 34.2 Å². The lowest BCUT2D eigenvalue weighted by Crippen LogP contribution is -2.46. The van der Waals surface area contributed by atoms with Gasteiger partial charge in [0, 0.05) is 51.4 Å². The number of fused-ring (bicyclic) bond motifs is 2. The van der Waals surface area contributed by atoms with E-state index in [0.29, 0.717) is 31.0 Å². The molecule has 3 heterocycles. The number of aliphatic hydroxyl groups excluding tert-OH is 1. The van der Waals surface area contributed by atoms with Gasteiger partial charge < -0.3 is 19.5 Å². The Morgan fingerprint density at radius 3 is 2.74 bits per heavy atom. The Morgan fingerprint density at radius 1 is 1.24 bits per heavy atom. The molecule has 2 aliphatic heterocycles. The summed E-state index contributed by atoms with van der Waals surface area (Å²) in [4.78, 5) is 27.6. The van der Waals surface area contributed by atoms with E-state index in [0.717, 1.165) is 26.1 Å². The van der Waals surface area contributed by atoms with Crippen LogP contribution in [0.3, 0.4) is 0 Å². The molecule has 3 aromatic rings. The van der Waals surface area contributed by atoms with Gasteiger partial charge in [-0.1, -0.05) is 35.9 Å². The number of anilines is 1. The number of carbonyl (C=O) groups is 1. The van der Waals surface area contributed by atoms with E-state index < -0.39 is 13.9 Å². The predicted octanol–water partition coefficient (Wildman–Crippen LogP) is 4.51. The van der Waals surface area contributed by atoms with Gasteiger partial charge in [-0.2, -0.15) is 0 Å². The molecule has 0 radical (unpaired) electrons. The highest BCUT2D eigenvalue weighted by molar-refractivity contribution is 14.1. The summed E-state index contributed by atoms with van der Waals surface area (Å²) in [6, 6.07) is 13.7. The van der Waals surface area contributed by atoms with Crippen molar-refractivity contribution in [3.8, 4) is 0 Å². The molecule has 0 aliphatic carbocycles. The third-order valence-electron chi connectivity index (χ3n) is 7.77. The first-order valence-corrected chi connectivity index (χ1v) is 17.3. The number of carbonyl (C=O) groups excluding carboxylic acids is 1. The summed E-state index contributed by atoms with van der Waals surface area (Å²) in [5.74, 6) is -0.372. The number of hydrogen-bond acceptors (Lipinski definition) is 6. The number of ether oxygens (including phenoxy) is 1. The highest BCUT2D eigenvalue weighted by Crippen LogP contribution is 2.60. The maximum atomic E-state index is 14.4. The third-order valence-corrected chi connectivity index (χ3v) is 11.2. The summed E-state index contributed by atoms with van der Waals surface area (Å²) in [6.45, 7) is 6.82. The van der Waals surface area contributed by atoms with Crippen LogP contribution in [-0.4, -0.2) is 51.8 Å². The molecular weight excluding hydrogens is 635 g/mol. The standard InChI is InChI=1S/C27H32ClIN4O4Si/c1-17-25(38(2,3)36)24(9-11-32-16-21(10-12-34)30-31-32)37-27(17)22-14-19(28)7-8-23(22)33(26(27)35)15-18-5-4-6-20(29)13-18/h4-8,13-14,16-17,24-25,34,36H,9-12,15H2,1-3H3/t17-,24+,25-,27+/m0/s1. The smallest absolute Gasteiger partial charge is 0.264 e. The number of rotatable bonds is 8. The molecule has 1 aromatic heterocycles. The van der Waals surface area contributed by atoms with E-state index in [4.69, 9.17) is 16.3 Å². The number of benzene rings is 2. The first kappa shape index (κ1) is 27.7. The highest BCUT2D eigenvalue weighted by Gasteiger charge is 2.66. The van der Waals surface area contributed by atoms with Gasteiger partial charge in [-0.25, -0.2) is 0 Å². The lowest BCUT2D eigenvalue weighted by Gasteiger charge is -2.32. The fourth-order valence-corrected chi connectivity index (χ4v) is 9.61. The molecule has 2 aromatic carbocycles. The van der Waals surface area contributed by atoms with Gasteiger partial charge in [0.1, 0.15) is 0 Å².